The van der Waals surface area contributed by atoms with Gasteiger partial charge in [0.25, 0.3) is 0 Å². The number of ether oxygens (including phenoxy) is 2. The van der Waals surface area contributed by atoms with Crippen LogP contribution >= 0.6 is 10.0 Å². The molecule has 0 saturated heterocycles. The lowest BCUT2D eigenvalue weighted by Gasteiger charge is -2.24. The number of carbonyl (C=O) groups is 1. The summed E-state index contributed by atoms with van der Waals surface area (Å²) >= 11 is 0. The molecule has 0 saturated carbocycles. The van der Waals surface area contributed by atoms with E-state index in [2.05, 4.69) is 39.4 Å². The van der Waals surface area contributed by atoms with Gasteiger partial charge >= 0.3 is 0 Å². The van der Waals surface area contributed by atoms with E-state index in [9.17, 15) is 4.79 Å². The summed E-state index contributed by atoms with van der Waals surface area (Å²) in [4.78, 5) is 20.3. The highest BCUT2D eigenvalue weighted by Gasteiger charge is 2.14. The molecule has 8 nitrogen and oxygen atoms in total. The second-order valence-electron chi connectivity index (χ2n) is 6.11. The molecule has 0 aliphatic carbocycles. The van der Waals surface area contributed by atoms with Gasteiger partial charge in [0.2, 0.25) is 11.8 Å². The molecule has 0 unspecified atom stereocenters. The van der Waals surface area contributed by atoms with Gasteiger partial charge in [-0.05, 0) is 25.7 Å². The van der Waals surface area contributed by atoms with Crippen molar-refractivity contribution in [3.63, 3.8) is 0 Å². The maximum absolute atomic E-state index is 11.9. The van der Waals surface area contributed by atoms with Gasteiger partial charge in [0.05, 0.1) is 26.0 Å². The standard InChI is InChI=1S/C15H29N5O3S/c1-11-19-12(8-16)14(15(20-11)22-2)17-9-13(21)18-10-23-6-7-24(3,4)5/h17H,6-10,16H2,1-5H3,(H,18,21). The zero-order valence-electron chi connectivity index (χ0n) is 15.1. The predicted molar refractivity (Wildman–Crippen MR) is 98.9 cm³/mol. The first-order valence-electron chi connectivity index (χ1n) is 7.62. The van der Waals surface area contributed by atoms with Crippen molar-refractivity contribution in [1.29, 1.82) is 0 Å². The molecule has 138 valence electrons. The Morgan fingerprint density at radius 2 is 2.00 bits per heavy atom. The second-order valence-corrected chi connectivity index (χ2v) is 10.7. The van der Waals surface area contributed by atoms with Crippen LogP contribution in [0.3, 0.4) is 0 Å². The largest absolute Gasteiger partial charge is 0.479 e. The summed E-state index contributed by atoms with van der Waals surface area (Å²) in [6.07, 6.45) is 6.68. The number of hydrogen-bond acceptors (Lipinski definition) is 7. The van der Waals surface area contributed by atoms with Gasteiger partial charge in [-0.1, -0.05) is 0 Å². The molecular formula is C15H29N5O3S. The highest BCUT2D eigenvalue weighted by atomic mass is 32.3. The van der Waals surface area contributed by atoms with Gasteiger partial charge in [0.15, 0.2) is 0 Å². The zero-order valence-corrected chi connectivity index (χ0v) is 16.0. The van der Waals surface area contributed by atoms with Crippen LogP contribution in [-0.4, -0.2) is 67.4 Å². The summed E-state index contributed by atoms with van der Waals surface area (Å²) in [7, 11) is 0.933. The molecule has 0 spiro atoms. The zero-order chi connectivity index (χ0) is 18.2. The maximum atomic E-state index is 11.9. The Balaban J connectivity index is 2.44. The quantitative estimate of drug-likeness (QED) is 0.411. The van der Waals surface area contributed by atoms with Crippen molar-refractivity contribution in [2.45, 2.75) is 13.5 Å². The Labute approximate surface area is 145 Å². The van der Waals surface area contributed by atoms with Gasteiger partial charge in [0.1, 0.15) is 18.2 Å². The Kier molecular flexibility index (Phi) is 8.23. The molecule has 0 bridgehead atoms. The third-order valence-corrected chi connectivity index (χ3v) is 4.48. The fraction of sp³-hybridized carbons (Fsp3) is 0.667. The molecule has 1 rings (SSSR count). The summed E-state index contributed by atoms with van der Waals surface area (Å²) in [5.41, 5.74) is 6.84. The van der Waals surface area contributed by atoms with Crippen molar-refractivity contribution in [3.05, 3.63) is 11.5 Å². The van der Waals surface area contributed by atoms with Crippen molar-refractivity contribution in [1.82, 2.24) is 15.3 Å². The minimum Gasteiger partial charge on any atom is -0.479 e. The van der Waals surface area contributed by atoms with E-state index >= 15 is 0 Å². The van der Waals surface area contributed by atoms with Gasteiger partial charge in [-0.3, -0.25) is 4.79 Å². The molecule has 0 fully saturated rings. The molecule has 24 heavy (non-hydrogen) atoms. The number of anilines is 1. The van der Waals surface area contributed by atoms with Crippen molar-refractivity contribution in [2.24, 2.45) is 5.73 Å². The molecule has 0 atom stereocenters. The number of aromatic nitrogens is 2. The van der Waals surface area contributed by atoms with Crippen molar-refractivity contribution in [3.8, 4) is 5.88 Å². The fourth-order valence-corrected chi connectivity index (χ4v) is 2.44. The van der Waals surface area contributed by atoms with Crippen LogP contribution in [0.1, 0.15) is 11.5 Å². The molecule has 1 heterocycles. The normalized spacial score (nSPS) is 11.9. The van der Waals surface area contributed by atoms with Gasteiger partial charge in [-0.15, -0.1) is 0 Å². The number of nitrogens with one attached hydrogen (secondary N) is 2. The van der Waals surface area contributed by atoms with Crippen LogP contribution in [0.5, 0.6) is 5.88 Å². The highest BCUT2D eigenvalue weighted by molar-refractivity contribution is 8.32. The first-order chi connectivity index (χ1) is 11.3. The van der Waals surface area contributed by atoms with E-state index in [4.69, 9.17) is 15.2 Å². The smallest absolute Gasteiger partial charge is 0.241 e. The number of rotatable bonds is 10. The number of aryl methyl sites for hydroxylation is 1. The summed E-state index contributed by atoms with van der Waals surface area (Å²) in [5.74, 6) is 1.76. The predicted octanol–water partition coefficient (Wildman–Crippen LogP) is 0.449. The van der Waals surface area contributed by atoms with Crippen LogP contribution in [0.4, 0.5) is 5.69 Å². The Morgan fingerprint density at radius 3 is 2.58 bits per heavy atom. The van der Waals surface area contributed by atoms with Crippen molar-refractivity contribution >= 4 is 21.6 Å². The second kappa shape index (κ2) is 9.65. The molecule has 9 heteroatoms. The SMILES string of the molecule is COc1nc(C)nc(CN)c1NCC(=O)NCOCCS(C)(C)C. The lowest BCUT2D eigenvalue weighted by atomic mass is 10.3. The van der Waals surface area contributed by atoms with E-state index < -0.39 is 10.0 Å². The summed E-state index contributed by atoms with van der Waals surface area (Å²) < 4.78 is 10.7. The van der Waals surface area contributed by atoms with Crippen molar-refractivity contribution in [2.75, 3.05) is 56.8 Å². The molecule has 0 aliphatic rings. The maximum Gasteiger partial charge on any atom is 0.241 e. The first kappa shape index (κ1) is 20.5. The highest BCUT2D eigenvalue weighted by Crippen LogP contribution is 2.33. The minimum atomic E-state index is -0.580. The average Bonchev–Trinajstić information content (AvgIpc) is 2.51. The van der Waals surface area contributed by atoms with E-state index in [1.54, 1.807) is 6.92 Å². The van der Waals surface area contributed by atoms with E-state index in [1.807, 2.05) is 0 Å². The minimum absolute atomic E-state index is 0.0592. The van der Waals surface area contributed by atoms with Crippen LogP contribution in [0.25, 0.3) is 0 Å². The lowest BCUT2D eigenvalue weighted by molar-refractivity contribution is -0.121. The van der Waals surface area contributed by atoms with E-state index in [0.29, 0.717) is 29.7 Å². The molecule has 1 amide bonds. The Hall–Kier alpha value is -1.58. The number of carbonyl (C=O) groups excluding carboxylic acids is 1. The topological polar surface area (TPSA) is 111 Å². The molecule has 1 aromatic rings. The number of nitrogens with two attached hydrogens (primary N) is 1. The Bertz CT molecular complexity index is 523. The summed E-state index contributed by atoms with van der Waals surface area (Å²) in [6, 6.07) is 0. The molecule has 0 aliphatic heterocycles. The van der Waals surface area contributed by atoms with E-state index in [1.165, 1.54) is 7.11 Å². The van der Waals surface area contributed by atoms with Crippen LogP contribution in [-0.2, 0) is 16.1 Å². The molecule has 1 aromatic heterocycles. The monoisotopic (exact) mass is 359 g/mol. The lowest BCUT2D eigenvalue weighted by Crippen LogP contribution is -2.32. The van der Waals surface area contributed by atoms with Crippen LogP contribution in [0, 0.1) is 6.92 Å². The molecule has 0 aromatic carbocycles. The molecular weight excluding hydrogens is 330 g/mol. The number of nitrogens with zero attached hydrogens (tertiary/aromatic N) is 2. The summed E-state index contributed by atoms with van der Waals surface area (Å²) in [6.45, 7) is 2.88. The van der Waals surface area contributed by atoms with E-state index in [-0.39, 0.29) is 25.7 Å². The van der Waals surface area contributed by atoms with Crippen LogP contribution < -0.4 is 21.1 Å². The Morgan fingerprint density at radius 1 is 1.29 bits per heavy atom. The number of hydrogen-bond donors (Lipinski definition) is 3. The molecule has 4 N–H and O–H groups in total. The molecule has 0 radical (unpaired) electrons. The van der Waals surface area contributed by atoms with Gasteiger partial charge in [0, 0.05) is 12.3 Å². The summed E-state index contributed by atoms with van der Waals surface area (Å²) in [5, 5.41) is 5.68. The van der Waals surface area contributed by atoms with Gasteiger partial charge in [-0.25, -0.2) is 15.0 Å². The van der Waals surface area contributed by atoms with Crippen molar-refractivity contribution < 1.29 is 14.3 Å². The van der Waals surface area contributed by atoms with E-state index in [0.717, 1.165) is 5.75 Å². The van der Waals surface area contributed by atoms with Gasteiger partial charge < -0.3 is 25.8 Å². The number of amides is 1. The fourth-order valence-electron chi connectivity index (χ4n) is 1.82. The third-order valence-electron chi connectivity index (χ3n) is 3.09. The first-order valence-corrected chi connectivity index (χ1v) is 10.7. The van der Waals surface area contributed by atoms with Crippen LogP contribution in [0.15, 0.2) is 0 Å². The number of methoxy groups -OCH3 is 1. The third kappa shape index (κ3) is 7.33. The average molecular weight is 359 g/mol. The van der Waals surface area contributed by atoms with Gasteiger partial charge in [-0.2, -0.15) is 4.98 Å². The van der Waals surface area contributed by atoms with Crippen LogP contribution in [0.2, 0.25) is 0 Å².